The van der Waals surface area contributed by atoms with Crippen molar-refractivity contribution >= 4 is 29.5 Å². The molecule has 0 bridgehead atoms. The number of hydrogen-bond donors (Lipinski definition) is 1. The Hall–Kier alpha value is -6.50. The maximum atomic E-state index is 11.3. The Bertz CT molecular complexity index is 1560. The monoisotopic (exact) mass is 652 g/mol. The van der Waals surface area contributed by atoms with E-state index in [2.05, 4.69) is 35.0 Å². The first-order chi connectivity index (χ1) is 23.3. The first kappa shape index (κ1) is 34.4. The van der Waals surface area contributed by atoms with Crippen molar-refractivity contribution in [2.45, 2.75) is 12.8 Å². The minimum absolute atomic E-state index is 0.267. The molecule has 13 nitrogen and oxygen atoms in total. The third-order valence-electron chi connectivity index (χ3n) is 6.12. The van der Waals surface area contributed by atoms with E-state index in [4.69, 9.17) is 33.4 Å². The van der Waals surface area contributed by atoms with Crippen molar-refractivity contribution in [3.8, 4) is 17.2 Å². The van der Waals surface area contributed by atoms with Gasteiger partial charge in [-0.05, 0) is 47.5 Å². The molecule has 3 aromatic carbocycles. The van der Waals surface area contributed by atoms with Gasteiger partial charge < -0.3 is 33.7 Å². The summed E-state index contributed by atoms with van der Waals surface area (Å²) >= 11 is 0. The van der Waals surface area contributed by atoms with E-state index in [1.54, 1.807) is 60.7 Å². The Morgan fingerprint density at radius 2 is 1.00 bits per heavy atom. The van der Waals surface area contributed by atoms with Gasteiger partial charge in [0.15, 0.2) is 0 Å². The van der Waals surface area contributed by atoms with E-state index >= 15 is 0 Å². The Morgan fingerprint density at radius 3 is 1.44 bits per heavy atom. The summed E-state index contributed by atoms with van der Waals surface area (Å²) in [6.07, 6.45) is 3.80. The zero-order valence-electron chi connectivity index (χ0n) is 25.8. The van der Waals surface area contributed by atoms with Crippen LogP contribution in [-0.2, 0) is 41.4 Å². The van der Waals surface area contributed by atoms with Crippen LogP contribution in [0.1, 0.15) is 22.8 Å². The fourth-order valence-electron chi connectivity index (χ4n) is 3.97. The molecule has 0 fully saturated rings. The lowest BCUT2D eigenvalue weighted by molar-refractivity contribution is -0.145. The van der Waals surface area contributed by atoms with E-state index in [0.29, 0.717) is 47.4 Å². The molecule has 0 amide bonds. The molecule has 0 aliphatic carbocycles. The zero-order valence-corrected chi connectivity index (χ0v) is 25.8. The molecule has 1 heterocycles. The first-order valence-corrected chi connectivity index (χ1v) is 14.4. The number of carbonyl (C=O) groups excluding carboxylic acids is 3. The number of ether oxygens (including phenoxy) is 6. The van der Waals surface area contributed by atoms with Gasteiger partial charge in [-0.1, -0.05) is 50.1 Å². The highest BCUT2D eigenvalue weighted by Gasteiger charge is 2.12. The normalized spacial score (nSPS) is 10.2. The van der Waals surface area contributed by atoms with Crippen molar-refractivity contribution in [1.82, 2.24) is 15.0 Å². The van der Waals surface area contributed by atoms with Crippen LogP contribution in [0.2, 0.25) is 0 Å². The SMILES string of the molecule is C=CC(=O)OCOc1cccc(Cc2nc(Cc3cccc(OCOC(=O)C=C)c3)nc(Nc3cccc(OCOC(=O)C=C)c3)n2)c1. The fourth-order valence-corrected chi connectivity index (χ4v) is 3.97. The van der Waals surface area contributed by atoms with Crippen LogP contribution in [0.4, 0.5) is 11.6 Å². The molecule has 0 aliphatic rings. The molecule has 0 unspecified atom stereocenters. The lowest BCUT2D eigenvalue weighted by Crippen LogP contribution is -2.10. The topological polar surface area (TPSA) is 157 Å². The third kappa shape index (κ3) is 11.5. The predicted molar refractivity (Wildman–Crippen MR) is 173 cm³/mol. The maximum absolute atomic E-state index is 11.3. The maximum Gasteiger partial charge on any atom is 0.333 e. The Balaban J connectivity index is 1.55. The number of aromatic nitrogens is 3. The Kier molecular flexibility index (Phi) is 12.8. The number of esters is 3. The number of nitrogens with one attached hydrogen (secondary N) is 1. The van der Waals surface area contributed by atoms with Gasteiger partial charge in [-0.25, -0.2) is 19.4 Å². The van der Waals surface area contributed by atoms with Gasteiger partial charge in [0.25, 0.3) is 0 Å². The van der Waals surface area contributed by atoms with Gasteiger partial charge in [0.05, 0.1) is 0 Å². The summed E-state index contributed by atoms with van der Waals surface area (Å²) in [5.74, 6) is 0.837. The van der Waals surface area contributed by atoms with Crippen LogP contribution in [-0.4, -0.2) is 53.2 Å². The van der Waals surface area contributed by atoms with Crippen molar-refractivity contribution < 1.29 is 42.8 Å². The highest BCUT2D eigenvalue weighted by atomic mass is 16.7. The number of benzene rings is 3. The van der Waals surface area contributed by atoms with Gasteiger partial charge in [-0.15, -0.1) is 0 Å². The largest absolute Gasteiger partial charge is 0.457 e. The van der Waals surface area contributed by atoms with Crippen LogP contribution in [0, 0.1) is 0 Å². The number of anilines is 2. The highest BCUT2D eigenvalue weighted by molar-refractivity contribution is 5.81. The van der Waals surface area contributed by atoms with Gasteiger partial charge in [-0.2, -0.15) is 9.97 Å². The average molecular weight is 653 g/mol. The van der Waals surface area contributed by atoms with Crippen LogP contribution in [0.25, 0.3) is 0 Å². The zero-order chi connectivity index (χ0) is 34.1. The smallest absolute Gasteiger partial charge is 0.333 e. The molecule has 1 N–H and O–H groups in total. The molecule has 0 saturated heterocycles. The summed E-state index contributed by atoms with van der Waals surface area (Å²) in [6.45, 7) is 9.25. The second-order valence-corrected chi connectivity index (χ2v) is 9.58. The average Bonchev–Trinajstić information content (AvgIpc) is 3.08. The summed E-state index contributed by atoms with van der Waals surface area (Å²) < 4.78 is 31.3. The molecule has 4 aromatic rings. The van der Waals surface area contributed by atoms with Gasteiger partial charge in [-0.3, -0.25) is 0 Å². The molecule has 48 heavy (non-hydrogen) atoms. The van der Waals surface area contributed by atoms with E-state index in [-0.39, 0.29) is 26.3 Å². The number of rotatable bonds is 18. The van der Waals surface area contributed by atoms with Gasteiger partial charge in [0, 0.05) is 42.8 Å². The second-order valence-electron chi connectivity index (χ2n) is 9.58. The van der Waals surface area contributed by atoms with E-state index in [1.165, 1.54) is 0 Å². The molecule has 0 spiro atoms. The van der Waals surface area contributed by atoms with Crippen molar-refractivity contribution in [2.75, 3.05) is 25.7 Å². The third-order valence-corrected chi connectivity index (χ3v) is 6.12. The molecule has 0 atom stereocenters. The Morgan fingerprint density at radius 1 is 0.583 bits per heavy atom. The quantitative estimate of drug-likeness (QED) is 0.0664. The van der Waals surface area contributed by atoms with Crippen LogP contribution < -0.4 is 19.5 Å². The van der Waals surface area contributed by atoms with Gasteiger partial charge >= 0.3 is 17.9 Å². The van der Waals surface area contributed by atoms with Crippen molar-refractivity contribution in [2.24, 2.45) is 0 Å². The highest BCUT2D eigenvalue weighted by Crippen LogP contribution is 2.22. The van der Waals surface area contributed by atoms with Crippen molar-refractivity contribution in [1.29, 1.82) is 0 Å². The van der Waals surface area contributed by atoms with Crippen molar-refractivity contribution in [3.05, 3.63) is 134 Å². The minimum atomic E-state index is -0.601. The molecule has 1 aromatic heterocycles. The van der Waals surface area contributed by atoms with E-state index < -0.39 is 17.9 Å². The first-order valence-electron chi connectivity index (χ1n) is 14.4. The van der Waals surface area contributed by atoms with Crippen molar-refractivity contribution in [3.63, 3.8) is 0 Å². The summed E-state index contributed by atoms with van der Waals surface area (Å²) in [5.41, 5.74) is 2.28. The van der Waals surface area contributed by atoms with E-state index in [1.807, 2.05) is 12.1 Å². The number of nitrogens with zero attached hydrogens (tertiary/aromatic N) is 3. The summed E-state index contributed by atoms with van der Waals surface area (Å²) in [6, 6.07) is 21.4. The minimum Gasteiger partial charge on any atom is -0.457 e. The van der Waals surface area contributed by atoms with Crippen LogP contribution >= 0.6 is 0 Å². The lowest BCUT2D eigenvalue weighted by atomic mass is 10.1. The van der Waals surface area contributed by atoms with Crippen LogP contribution in [0.3, 0.4) is 0 Å². The van der Waals surface area contributed by atoms with E-state index in [0.717, 1.165) is 29.4 Å². The second kappa shape index (κ2) is 17.8. The molecule has 0 aliphatic heterocycles. The summed E-state index contributed by atoms with van der Waals surface area (Å²) in [4.78, 5) is 48.0. The predicted octanol–water partition coefficient (Wildman–Crippen LogP) is 4.99. The number of hydrogen-bond acceptors (Lipinski definition) is 13. The van der Waals surface area contributed by atoms with Crippen LogP contribution in [0.15, 0.2) is 111 Å². The fraction of sp³-hybridized carbons (Fsp3) is 0.143. The summed E-state index contributed by atoms with van der Waals surface area (Å²) in [5, 5.41) is 3.19. The molecule has 0 saturated carbocycles. The molecule has 13 heteroatoms. The summed E-state index contributed by atoms with van der Waals surface area (Å²) in [7, 11) is 0. The molecule has 246 valence electrons. The standard InChI is InChI=1S/C35H32N4O9/c1-4-32(40)46-21-43-27-13-7-10-24(16-27)18-30-37-31(19-25-11-8-14-28(17-25)44-22-47-33(41)5-2)39-35(38-30)36-26-12-9-15-29(20-26)45-23-48-34(42)6-3/h4-17,20H,1-3,18-19,21-23H2,(H,36,37,38,39). The molecular weight excluding hydrogens is 620 g/mol. The number of carbonyl (C=O) groups is 3. The molecule has 0 radical (unpaired) electrons. The van der Waals surface area contributed by atoms with E-state index in [9.17, 15) is 14.4 Å². The molecule has 4 rings (SSSR count). The molecular formula is C35H32N4O9. The lowest BCUT2D eigenvalue weighted by Gasteiger charge is -2.12. The van der Waals surface area contributed by atoms with Crippen LogP contribution in [0.5, 0.6) is 17.2 Å². The Labute approximate surface area is 276 Å². The van der Waals surface area contributed by atoms with Gasteiger partial charge in [0.1, 0.15) is 28.9 Å². The van der Waals surface area contributed by atoms with Gasteiger partial charge in [0.2, 0.25) is 26.3 Å².